The van der Waals surface area contributed by atoms with Crippen LogP contribution in [0.2, 0.25) is 0 Å². The van der Waals surface area contributed by atoms with Gasteiger partial charge in [0.15, 0.2) is 11.5 Å². The van der Waals surface area contributed by atoms with Crippen molar-refractivity contribution in [3.63, 3.8) is 0 Å². The van der Waals surface area contributed by atoms with Crippen LogP contribution in [0.1, 0.15) is 27.8 Å². The van der Waals surface area contributed by atoms with Crippen molar-refractivity contribution in [2.24, 2.45) is 0 Å². The third-order valence-corrected chi connectivity index (χ3v) is 9.26. The highest BCUT2D eigenvalue weighted by Gasteiger charge is 2.50. The van der Waals surface area contributed by atoms with E-state index in [4.69, 9.17) is 33.2 Å². The maximum Gasteiger partial charge on any atom is 0.229 e. The van der Waals surface area contributed by atoms with Crippen LogP contribution in [-0.4, -0.2) is 42.4 Å². The van der Waals surface area contributed by atoms with Gasteiger partial charge >= 0.3 is 0 Å². The van der Waals surface area contributed by atoms with E-state index in [9.17, 15) is 5.11 Å². The van der Waals surface area contributed by atoms with E-state index in [1.54, 1.807) is 12.1 Å². The van der Waals surface area contributed by atoms with Gasteiger partial charge in [-0.3, -0.25) is 0 Å². The molecule has 1 aliphatic heterocycles. The topological polar surface area (TPSA) is 84.8 Å². The van der Waals surface area contributed by atoms with Gasteiger partial charge in [-0.05, 0) is 39.9 Å². The largest absolute Gasteiger partial charge is 0.504 e. The lowest BCUT2D eigenvalue weighted by atomic mass is 9.97. The van der Waals surface area contributed by atoms with Crippen LogP contribution in [0.25, 0.3) is 0 Å². The van der Waals surface area contributed by atoms with Crippen molar-refractivity contribution >= 4 is 0 Å². The van der Waals surface area contributed by atoms with Gasteiger partial charge in [-0.25, -0.2) is 0 Å². The molecule has 0 unspecified atom stereocenters. The average molecular weight is 739 g/mol. The molecule has 1 aliphatic rings. The lowest BCUT2D eigenvalue weighted by molar-refractivity contribution is -0.310. The van der Waals surface area contributed by atoms with E-state index in [0.29, 0.717) is 32.2 Å². The van der Waals surface area contributed by atoms with Crippen molar-refractivity contribution in [1.82, 2.24) is 0 Å². The summed E-state index contributed by atoms with van der Waals surface area (Å²) in [5.74, 6) is 0.609. The number of ether oxygens (including phenoxy) is 7. The smallest absolute Gasteiger partial charge is 0.229 e. The Morgan fingerprint density at radius 2 is 0.891 bits per heavy atom. The molecule has 1 heterocycles. The molecule has 55 heavy (non-hydrogen) atoms. The summed E-state index contributed by atoms with van der Waals surface area (Å²) >= 11 is 0. The molecule has 0 bridgehead atoms. The molecular formula is C47H46O8. The van der Waals surface area contributed by atoms with Crippen LogP contribution in [0, 0.1) is 0 Å². The zero-order valence-electron chi connectivity index (χ0n) is 30.6. The van der Waals surface area contributed by atoms with Crippen LogP contribution in [0.5, 0.6) is 17.2 Å². The van der Waals surface area contributed by atoms with Gasteiger partial charge in [-0.15, -0.1) is 0 Å². The summed E-state index contributed by atoms with van der Waals surface area (Å²) in [5.41, 5.74) is 5.03. The third kappa shape index (κ3) is 11.0. The molecule has 0 saturated carbocycles. The molecule has 1 fully saturated rings. The second-order valence-electron chi connectivity index (χ2n) is 13.3. The van der Waals surface area contributed by atoms with Crippen LogP contribution >= 0.6 is 0 Å². The number of benzene rings is 6. The molecule has 0 aromatic heterocycles. The first-order valence-corrected chi connectivity index (χ1v) is 18.6. The van der Waals surface area contributed by atoms with Crippen molar-refractivity contribution in [3.05, 3.63) is 198 Å². The molecule has 5 atom stereocenters. The Kier molecular flexibility index (Phi) is 13.6. The zero-order valence-corrected chi connectivity index (χ0v) is 30.6. The molecule has 6 aromatic carbocycles. The molecule has 1 saturated heterocycles. The first-order chi connectivity index (χ1) is 27.2. The van der Waals surface area contributed by atoms with Gasteiger partial charge < -0.3 is 38.3 Å². The van der Waals surface area contributed by atoms with Gasteiger partial charge in [0.25, 0.3) is 0 Å². The maximum absolute atomic E-state index is 11.2. The molecular weight excluding hydrogens is 693 g/mol. The molecule has 0 radical (unpaired) electrons. The van der Waals surface area contributed by atoms with Crippen molar-refractivity contribution in [1.29, 1.82) is 0 Å². The molecule has 0 spiro atoms. The lowest BCUT2D eigenvalue weighted by Crippen LogP contribution is -2.62. The Morgan fingerprint density at radius 3 is 1.38 bits per heavy atom. The Morgan fingerprint density at radius 1 is 0.455 bits per heavy atom. The molecule has 8 nitrogen and oxygen atoms in total. The number of rotatable bonds is 18. The van der Waals surface area contributed by atoms with E-state index in [-0.39, 0.29) is 24.7 Å². The van der Waals surface area contributed by atoms with Gasteiger partial charge in [0, 0.05) is 6.07 Å². The molecule has 1 N–H and O–H groups in total. The Bertz CT molecular complexity index is 1980. The summed E-state index contributed by atoms with van der Waals surface area (Å²) in [6.07, 6.45) is -3.74. The highest BCUT2D eigenvalue weighted by atomic mass is 16.7. The number of phenolic OH excluding ortho intramolecular Hbond substituents is 1. The van der Waals surface area contributed by atoms with Crippen LogP contribution < -0.4 is 9.47 Å². The monoisotopic (exact) mass is 738 g/mol. The van der Waals surface area contributed by atoms with Crippen LogP contribution in [0.3, 0.4) is 0 Å². The van der Waals surface area contributed by atoms with Crippen LogP contribution in [0.4, 0.5) is 0 Å². The Balaban J connectivity index is 1.19. The standard InChI is InChI=1S/C47H46O8/c48-41-28-40(50-30-36-18-8-2-9-19-36)26-27-42(41)54-47-46(53-33-39-24-14-5-15-25-39)45(52-32-38-22-12-4-13-23-38)44(51-31-37-20-10-3-11-21-37)43(55-47)34-49-29-35-16-6-1-7-17-35/h1-28,43-48H,29-34H2/t43-,44-,45+,46-,47-/m1/s1. The SMILES string of the molecule is Oc1cc(OCc2ccccc2)ccc1O[C@@H]1O[C@H](COCc2ccccc2)[C@@H](OCc2ccccc2)[C@H](OCc2ccccc2)[C@H]1OCc1ccccc1. The van der Waals surface area contributed by atoms with E-state index in [2.05, 4.69) is 0 Å². The van der Waals surface area contributed by atoms with Crippen LogP contribution in [0.15, 0.2) is 170 Å². The van der Waals surface area contributed by atoms with Gasteiger partial charge in [-0.1, -0.05) is 152 Å². The van der Waals surface area contributed by atoms with E-state index >= 15 is 0 Å². The van der Waals surface area contributed by atoms with Gasteiger partial charge in [-0.2, -0.15) is 0 Å². The lowest BCUT2D eigenvalue weighted by Gasteiger charge is -2.45. The summed E-state index contributed by atoms with van der Waals surface area (Å²) in [4.78, 5) is 0. The maximum atomic E-state index is 11.2. The molecule has 6 aromatic rings. The summed E-state index contributed by atoms with van der Waals surface area (Å²) in [6, 6.07) is 54.7. The van der Waals surface area contributed by atoms with Gasteiger partial charge in [0.2, 0.25) is 6.29 Å². The number of hydrogen-bond acceptors (Lipinski definition) is 8. The normalized spacial score (nSPS) is 19.5. The van der Waals surface area contributed by atoms with Crippen molar-refractivity contribution in [3.8, 4) is 17.2 Å². The molecule has 282 valence electrons. The fraction of sp³-hybridized carbons (Fsp3) is 0.234. The predicted octanol–water partition coefficient (Wildman–Crippen LogP) is 9.05. The minimum absolute atomic E-state index is 0.1000. The summed E-state index contributed by atoms with van der Waals surface area (Å²) < 4.78 is 45.9. The van der Waals surface area contributed by atoms with E-state index in [1.807, 2.05) is 152 Å². The Hall–Kier alpha value is -5.48. The molecule has 8 heteroatoms. The highest BCUT2D eigenvalue weighted by molar-refractivity contribution is 5.44. The zero-order chi connectivity index (χ0) is 37.5. The minimum Gasteiger partial charge on any atom is -0.504 e. The fourth-order valence-electron chi connectivity index (χ4n) is 6.39. The summed E-state index contributed by atoms with van der Waals surface area (Å²) in [7, 11) is 0. The minimum atomic E-state index is -1.02. The first kappa shape index (κ1) is 37.8. The first-order valence-electron chi connectivity index (χ1n) is 18.6. The fourth-order valence-corrected chi connectivity index (χ4v) is 6.39. The van der Waals surface area contributed by atoms with Crippen molar-refractivity contribution < 1.29 is 38.3 Å². The third-order valence-electron chi connectivity index (χ3n) is 9.26. The van der Waals surface area contributed by atoms with E-state index in [1.165, 1.54) is 6.07 Å². The molecule has 0 aliphatic carbocycles. The Labute approximate surface area is 322 Å². The van der Waals surface area contributed by atoms with Crippen molar-refractivity contribution in [2.75, 3.05) is 6.61 Å². The van der Waals surface area contributed by atoms with Gasteiger partial charge in [0.1, 0.15) is 36.8 Å². The molecule has 0 amide bonds. The number of hydrogen-bond donors (Lipinski definition) is 1. The average Bonchev–Trinajstić information content (AvgIpc) is 3.24. The number of phenols is 1. The highest BCUT2D eigenvalue weighted by Crippen LogP contribution is 2.36. The second-order valence-corrected chi connectivity index (χ2v) is 13.3. The van der Waals surface area contributed by atoms with Crippen molar-refractivity contribution in [2.45, 2.75) is 63.7 Å². The van der Waals surface area contributed by atoms with Gasteiger partial charge in [0.05, 0.1) is 33.0 Å². The molecule has 7 rings (SSSR count). The van der Waals surface area contributed by atoms with Crippen LogP contribution in [-0.2, 0) is 56.7 Å². The number of aromatic hydroxyl groups is 1. The second kappa shape index (κ2) is 19.7. The summed E-state index contributed by atoms with van der Waals surface area (Å²) in [6.45, 7) is 1.80. The predicted molar refractivity (Wildman–Crippen MR) is 209 cm³/mol. The quantitative estimate of drug-likeness (QED) is 0.0936. The van der Waals surface area contributed by atoms with E-state index in [0.717, 1.165) is 27.8 Å². The van der Waals surface area contributed by atoms with E-state index < -0.39 is 30.7 Å². The summed E-state index contributed by atoms with van der Waals surface area (Å²) in [5, 5.41) is 11.2.